The molecule has 2 heterocycles. The fraction of sp³-hybridized carbons (Fsp3) is 0.500. The van der Waals surface area contributed by atoms with Crippen molar-refractivity contribution in [2.24, 2.45) is 0 Å². The van der Waals surface area contributed by atoms with Crippen molar-refractivity contribution in [1.29, 1.82) is 0 Å². The summed E-state index contributed by atoms with van der Waals surface area (Å²) in [6, 6.07) is 0.488. The third kappa shape index (κ3) is 3.64. The van der Waals surface area contributed by atoms with Gasteiger partial charge in [-0.15, -0.1) is 11.3 Å². The molecule has 0 unspecified atom stereocenters. The number of imidazole rings is 1. The van der Waals surface area contributed by atoms with Crippen molar-refractivity contribution >= 4 is 11.3 Å². The molecule has 0 aromatic carbocycles. The van der Waals surface area contributed by atoms with Gasteiger partial charge in [-0.1, -0.05) is 13.8 Å². The number of nitrogens with one attached hydrogen (secondary N) is 1. The van der Waals surface area contributed by atoms with Gasteiger partial charge in [0.15, 0.2) is 0 Å². The maximum Gasteiger partial charge on any atom is 0.113 e. The van der Waals surface area contributed by atoms with Gasteiger partial charge in [0, 0.05) is 29.9 Å². The second kappa shape index (κ2) is 5.42. The Morgan fingerprint density at radius 1 is 1.41 bits per heavy atom. The lowest BCUT2D eigenvalue weighted by Gasteiger charge is -2.04. The van der Waals surface area contributed by atoms with E-state index in [0.717, 1.165) is 23.8 Å². The van der Waals surface area contributed by atoms with Crippen LogP contribution >= 0.6 is 11.3 Å². The Kier molecular flexibility index (Phi) is 3.91. The molecule has 0 radical (unpaired) electrons. The van der Waals surface area contributed by atoms with Crippen molar-refractivity contribution < 1.29 is 0 Å². The van der Waals surface area contributed by atoms with E-state index in [9.17, 15) is 0 Å². The van der Waals surface area contributed by atoms with E-state index >= 15 is 0 Å². The lowest BCUT2D eigenvalue weighted by atomic mass is 10.3. The van der Waals surface area contributed by atoms with Gasteiger partial charge in [0.25, 0.3) is 0 Å². The lowest BCUT2D eigenvalue weighted by molar-refractivity contribution is 0.582. The van der Waals surface area contributed by atoms with Gasteiger partial charge in [-0.25, -0.2) is 9.97 Å². The molecule has 4 nitrogen and oxygen atoms in total. The molecule has 0 aliphatic carbocycles. The molecule has 92 valence electrons. The fourth-order valence-corrected chi connectivity index (χ4v) is 2.32. The van der Waals surface area contributed by atoms with Crippen molar-refractivity contribution in [3.05, 3.63) is 34.3 Å². The molecule has 0 aliphatic rings. The molecule has 0 saturated heterocycles. The summed E-state index contributed by atoms with van der Waals surface area (Å²) in [5.41, 5.74) is 1.08. The largest absolute Gasteiger partial charge is 0.330 e. The average Bonchev–Trinajstić information content (AvgIpc) is 2.86. The number of nitrogens with zero attached hydrogens (tertiary/aromatic N) is 3. The van der Waals surface area contributed by atoms with E-state index in [2.05, 4.69) is 46.8 Å². The first-order valence-corrected chi connectivity index (χ1v) is 6.60. The molecule has 2 rings (SSSR count). The number of aryl methyl sites for hydroxylation is 1. The molecule has 5 heteroatoms. The minimum atomic E-state index is 0.488. The van der Waals surface area contributed by atoms with E-state index in [1.165, 1.54) is 4.88 Å². The van der Waals surface area contributed by atoms with Crippen LogP contribution in [0.25, 0.3) is 0 Å². The van der Waals surface area contributed by atoms with Gasteiger partial charge in [0.1, 0.15) is 5.01 Å². The van der Waals surface area contributed by atoms with Crippen LogP contribution in [0, 0.1) is 6.92 Å². The number of aromatic nitrogens is 3. The van der Waals surface area contributed by atoms with Gasteiger partial charge >= 0.3 is 0 Å². The second-order valence-electron chi connectivity index (χ2n) is 4.44. The molecule has 0 saturated carbocycles. The van der Waals surface area contributed by atoms with Crippen LogP contribution in [-0.4, -0.2) is 20.6 Å². The SMILES string of the molecule is Cc1cnc(Cn2cnc(CNC(C)C)c2)s1. The van der Waals surface area contributed by atoms with Crippen molar-refractivity contribution in [3.63, 3.8) is 0 Å². The number of hydrogen-bond donors (Lipinski definition) is 1. The normalized spacial score (nSPS) is 11.3. The predicted octanol–water partition coefficient (Wildman–Crippen LogP) is 2.19. The number of thiazole rings is 1. The first kappa shape index (κ1) is 12.3. The van der Waals surface area contributed by atoms with Gasteiger partial charge in [-0.3, -0.25) is 0 Å². The summed E-state index contributed by atoms with van der Waals surface area (Å²) in [5.74, 6) is 0. The quantitative estimate of drug-likeness (QED) is 0.884. The molecular formula is C12H18N4S. The molecule has 17 heavy (non-hydrogen) atoms. The zero-order valence-corrected chi connectivity index (χ0v) is 11.3. The predicted molar refractivity (Wildman–Crippen MR) is 70.2 cm³/mol. The van der Waals surface area contributed by atoms with Crippen LogP contribution in [0.3, 0.4) is 0 Å². The van der Waals surface area contributed by atoms with E-state index < -0.39 is 0 Å². The molecule has 2 aromatic heterocycles. The summed E-state index contributed by atoms with van der Waals surface area (Å²) < 4.78 is 2.08. The Morgan fingerprint density at radius 2 is 2.24 bits per heavy atom. The highest BCUT2D eigenvalue weighted by Gasteiger charge is 2.03. The highest BCUT2D eigenvalue weighted by Crippen LogP contribution is 2.12. The van der Waals surface area contributed by atoms with Gasteiger partial charge < -0.3 is 9.88 Å². The van der Waals surface area contributed by atoms with Crippen LogP contribution in [0.5, 0.6) is 0 Å². The number of hydrogen-bond acceptors (Lipinski definition) is 4. The Labute approximate surface area is 106 Å². The summed E-state index contributed by atoms with van der Waals surface area (Å²) in [4.78, 5) is 9.97. The minimum Gasteiger partial charge on any atom is -0.330 e. The second-order valence-corrected chi connectivity index (χ2v) is 5.76. The Hall–Kier alpha value is -1.20. The van der Waals surface area contributed by atoms with Crippen LogP contribution in [0.15, 0.2) is 18.7 Å². The summed E-state index contributed by atoms with van der Waals surface area (Å²) in [7, 11) is 0. The highest BCUT2D eigenvalue weighted by atomic mass is 32.1. The molecular weight excluding hydrogens is 232 g/mol. The number of rotatable bonds is 5. The Balaban J connectivity index is 1.94. The van der Waals surface area contributed by atoms with Crippen LogP contribution < -0.4 is 5.32 Å². The van der Waals surface area contributed by atoms with E-state index in [1.807, 2.05) is 12.5 Å². The third-order valence-electron chi connectivity index (χ3n) is 2.37. The minimum absolute atomic E-state index is 0.488. The first-order chi connectivity index (χ1) is 8.13. The van der Waals surface area contributed by atoms with E-state index in [4.69, 9.17) is 0 Å². The molecule has 1 N–H and O–H groups in total. The average molecular weight is 250 g/mol. The zero-order valence-electron chi connectivity index (χ0n) is 10.5. The highest BCUT2D eigenvalue weighted by molar-refractivity contribution is 7.11. The summed E-state index contributed by atoms with van der Waals surface area (Å²) >= 11 is 1.73. The molecule has 0 bridgehead atoms. The first-order valence-electron chi connectivity index (χ1n) is 5.79. The third-order valence-corrected chi connectivity index (χ3v) is 3.26. The Bertz CT molecular complexity index is 472. The van der Waals surface area contributed by atoms with Crippen LogP contribution in [0.2, 0.25) is 0 Å². The molecule has 0 spiro atoms. The van der Waals surface area contributed by atoms with E-state index in [-0.39, 0.29) is 0 Å². The lowest BCUT2D eigenvalue weighted by Crippen LogP contribution is -2.21. The molecule has 0 fully saturated rings. The molecule has 2 aromatic rings. The smallest absolute Gasteiger partial charge is 0.113 e. The van der Waals surface area contributed by atoms with Crippen LogP contribution in [0.1, 0.15) is 29.4 Å². The molecule has 0 amide bonds. The summed E-state index contributed by atoms with van der Waals surface area (Å²) in [6.07, 6.45) is 5.86. The maximum absolute atomic E-state index is 4.37. The Morgan fingerprint density at radius 3 is 2.88 bits per heavy atom. The van der Waals surface area contributed by atoms with E-state index in [0.29, 0.717) is 6.04 Å². The summed E-state index contributed by atoms with van der Waals surface area (Å²) in [5, 5.41) is 4.48. The van der Waals surface area contributed by atoms with Gasteiger partial charge in [-0.2, -0.15) is 0 Å². The fourth-order valence-electron chi connectivity index (χ4n) is 1.52. The summed E-state index contributed by atoms with van der Waals surface area (Å²) in [6.45, 7) is 7.98. The zero-order chi connectivity index (χ0) is 12.3. The van der Waals surface area contributed by atoms with Crippen LogP contribution in [-0.2, 0) is 13.1 Å². The van der Waals surface area contributed by atoms with Crippen molar-refractivity contribution in [2.45, 2.75) is 39.9 Å². The topological polar surface area (TPSA) is 42.7 Å². The van der Waals surface area contributed by atoms with Gasteiger partial charge in [0.05, 0.1) is 18.6 Å². The van der Waals surface area contributed by atoms with Gasteiger partial charge in [-0.05, 0) is 6.92 Å². The maximum atomic E-state index is 4.37. The van der Waals surface area contributed by atoms with Crippen molar-refractivity contribution in [1.82, 2.24) is 19.9 Å². The van der Waals surface area contributed by atoms with Gasteiger partial charge in [0.2, 0.25) is 0 Å². The molecule has 0 aliphatic heterocycles. The van der Waals surface area contributed by atoms with E-state index in [1.54, 1.807) is 11.3 Å². The molecule has 0 atom stereocenters. The monoisotopic (exact) mass is 250 g/mol. The van der Waals surface area contributed by atoms with Crippen molar-refractivity contribution in [2.75, 3.05) is 0 Å². The standard InChI is InChI=1S/C12H18N4S/c1-9(2)13-5-11-6-16(8-15-11)7-12-14-4-10(3)17-12/h4,6,8-9,13H,5,7H2,1-3H3. The van der Waals surface area contributed by atoms with Crippen LogP contribution in [0.4, 0.5) is 0 Å². The van der Waals surface area contributed by atoms with Crippen molar-refractivity contribution in [3.8, 4) is 0 Å².